The molecule has 2 aliphatic rings. The smallest absolute Gasteiger partial charge is 0.316 e. The minimum Gasteiger partial charge on any atom is -0.460 e. The number of β-amino-alcohol motifs (C(OH)–C–C–N with tert-alkyl or cyclic N) is 1. The lowest BCUT2D eigenvalue weighted by molar-refractivity contribution is -0.143. The topological polar surface area (TPSA) is 75.6 Å². The number of ether oxygens (including phenoxy) is 1. The highest BCUT2D eigenvalue weighted by Gasteiger charge is 2.44. The molecule has 1 saturated carbocycles. The molecule has 1 atom stereocenters. The van der Waals surface area contributed by atoms with Crippen molar-refractivity contribution < 1.29 is 14.6 Å². The fourth-order valence-electron chi connectivity index (χ4n) is 4.03. The van der Waals surface area contributed by atoms with Crippen LogP contribution < -0.4 is 4.74 Å². The minimum absolute atomic E-state index is 0.108. The van der Waals surface area contributed by atoms with Gasteiger partial charge in [-0.25, -0.2) is 9.97 Å². The van der Waals surface area contributed by atoms with Gasteiger partial charge in [-0.15, -0.1) is 0 Å². The van der Waals surface area contributed by atoms with E-state index in [1.807, 2.05) is 24.8 Å². The number of amides is 1. The summed E-state index contributed by atoms with van der Waals surface area (Å²) in [6, 6.07) is 2.16. The van der Waals surface area contributed by atoms with Gasteiger partial charge in [-0.3, -0.25) is 4.79 Å². The number of carbonyl (C=O) groups excluding carboxylic acids is 1. The van der Waals surface area contributed by atoms with Crippen molar-refractivity contribution in [2.45, 2.75) is 64.9 Å². The monoisotopic (exact) mass is 347 g/mol. The molecular weight excluding hydrogens is 318 g/mol. The molecule has 0 bridgehead atoms. The zero-order chi connectivity index (χ0) is 18.1. The zero-order valence-corrected chi connectivity index (χ0v) is 15.5. The van der Waals surface area contributed by atoms with Crippen LogP contribution in [0, 0.1) is 19.3 Å². The van der Waals surface area contributed by atoms with Gasteiger partial charge in [0.1, 0.15) is 12.2 Å². The van der Waals surface area contributed by atoms with E-state index in [1.165, 1.54) is 6.42 Å². The molecule has 138 valence electrons. The summed E-state index contributed by atoms with van der Waals surface area (Å²) in [6.45, 7) is 6.87. The number of hydrogen-bond acceptors (Lipinski definition) is 5. The lowest BCUT2D eigenvalue weighted by atomic mass is 9.74. The summed E-state index contributed by atoms with van der Waals surface area (Å²) in [5, 5.41) is 10.8. The second kappa shape index (κ2) is 6.90. The lowest BCUT2D eigenvalue weighted by Gasteiger charge is -2.36. The first-order chi connectivity index (χ1) is 11.8. The fraction of sp³-hybridized carbons (Fsp3) is 0.737. The molecule has 1 aliphatic heterocycles. The van der Waals surface area contributed by atoms with Crippen molar-refractivity contribution in [1.29, 1.82) is 0 Å². The highest BCUT2D eigenvalue weighted by molar-refractivity contribution is 5.82. The van der Waals surface area contributed by atoms with E-state index in [2.05, 4.69) is 16.9 Å². The molecule has 1 aromatic heterocycles. The third-order valence-electron chi connectivity index (χ3n) is 5.52. The number of carbonyl (C=O) groups is 1. The molecule has 1 aromatic rings. The maximum Gasteiger partial charge on any atom is 0.316 e. The van der Waals surface area contributed by atoms with E-state index in [-0.39, 0.29) is 23.9 Å². The number of likely N-dealkylation sites (tertiary alicyclic amines) is 1. The Bertz CT molecular complexity index is 623. The lowest BCUT2D eigenvalue weighted by Crippen LogP contribution is -2.46. The van der Waals surface area contributed by atoms with Crippen LogP contribution in [0.1, 0.15) is 56.8 Å². The van der Waals surface area contributed by atoms with Crippen LogP contribution in [0.25, 0.3) is 0 Å². The van der Waals surface area contributed by atoms with Gasteiger partial charge in [0.2, 0.25) is 5.91 Å². The van der Waals surface area contributed by atoms with Crippen molar-refractivity contribution in [1.82, 2.24) is 14.9 Å². The molecule has 6 heteroatoms. The third-order valence-corrected chi connectivity index (χ3v) is 5.52. The molecule has 2 heterocycles. The van der Waals surface area contributed by atoms with Gasteiger partial charge in [0.25, 0.3) is 0 Å². The van der Waals surface area contributed by atoms with Gasteiger partial charge < -0.3 is 14.7 Å². The Morgan fingerprint density at radius 1 is 1.20 bits per heavy atom. The number of nitrogens with zero attached hydrogens (tertiary/aromatic N) is 3. The Labute approximate surface area is 149 Å². The van der Waals surface area contributed by atoms with Gasteiger partial charge in [0.05, 0.1) is 6.54 Å². The van der Waals surface area contributed by atoms with Crippen molar-refractivity contribution >= 4 is 5.91 Å². The number of hydrogen-bond donors (Lipinski definition) is 1. The molecule has 1 N–H and O–H groups in total. The van der Waals surface area contributed by atoms with E-state index in [1.54, 1.807) is 0 Å². The van der Waals surface area contributed by atoms with Gasteiger partial charge in [-0.1, -0.05) is 26.2 Å². The van der Waals surface area contributed by atoms with Crippen LogP contribution in [0.15, 0.2) is 6.07 Å². The van der Waals surface area contributed by atoms with Crippen LogP contribution in [0.2, 0.25) is 0 Å². The Morgan fingerprint density at radius 2 is 1.84 bits per heavy atom. The van der Waals surface area contributed by atoms with Crippen LogP contribution in [0.5, 0.6) is 6.01 Å². The van der Waals surface area contributed by atoms with Crippen molar-refractivity contribution in [3.63, 3.8) is 0 Å². The summed E-state index contributed by atoms with van der Waals surface area (Å²) < 4.78 is 5.64. The number of rotatable bonds is 4. The highest BCUT2D eigenvalue weighted by Crippen LogP contribution is 2.39. The van der Waals surface area contributed by atoms with E-state index < -0.39 is 5.60 Å². The van der Waals surface area contributed by atoms with Crippen LogP contribution in [-0.2, 0) is 4.79 Å². The molecule has 0 aromatic carbocycles. The second-order valence-electron chi connectivity index (χ2n) is 8.04. The molecule has 1 aliphatic carbocycles. The number of aromatic nitrogens is 2. The molecule has 3 rings (SSSR count). The molecule has 1 saturated heterocycles. The molecule has 1 amide bonds. The van der Waals surface area contributed by atoms with Gasteiger partial charge >= 0.3 is 6.01 Å². The first-order valence-electron chi connectivity index (χ1n) is 9.27. The summed E-state index contributed by atoms with van der Waals surface area (Å²) in [4.78, 5) is 23.2. The second-order valence-corrected chi connectivity index (χ2v) is 8.04. The summed E-state index contributed by atoms with van der Waals surface area (Å²) in [6.07, 6.45) is 5.89. The summed E-state index contributed by atoms with van der Waals surface area (Å²) in [7, 11) is 0. The minimum atomic E-state index is -1.03. The summed E-state index contributed by atoms with van der Waals surface area (Å²) in [5.41, 5.74) is 0.383. The maximum absolute atomic E-state index is 12.9. The van der Waals surface area contributed by atoms with Crippen molar-refractivity contribution in [3.05, 3.63) is 17.5 Å². The molecule has 25 heavy (non-hydrogen) atoms. The van der Waals surface area contributed by atoms with Gasteiger partial charge in [0.15, 0.2) is 0 Å². The Morgan fingerprint density at radius 3 is 2.48 bits per heavy atom. The summed E-state index contributed by atoms with van der Waals surface area (Å²) in [5.74, 6) is 0.186. The van der Waals surface area contributed by atoms with E-state index >= 15 is 0 Å². The van der Waals surface area contributed by atoms with Crippen molar-refractivity contribution in [3.8, 4) is 6.01 Å². The van der Waals surface area contributed by atoms with Crippen LogP contribution in [0.4, 0.5) is 0 Å². The Kier molecular flexibility index (Phi) is 5.00. The highest BCUT2D eigenvalue weighted by atomic mass is 16.5. The Balaban J connectivity index is 1.59. The maximum atomic E-state index is 12.9. The van der Waals surface area contributed by atoms with E-state index in [0.29, 0.717) is 19.5 Å². The van der Waals surface area contributed by atoms with Crippen LogP contribution >= 0.6 is 0 Å². The van der Waals surface area contributed by atoms with Gasteiger partial charge in [-0.2, -0.15) is 0 Å². The summed E-state index contributed by atoms with van der Waals surface area (Å²) >= 11 is 0. The van der Waals surface area contributed by atoms with Crippen molar-refractivity contribution in [2.24, 2.45) is 5.41 Å². The molecular formula is C19H29N3O3. The average molecular weight is 347 g/mol. The van der Waals surface area contributed by atoms with E-state index in [0.717, 1.165) is 37.1 Å². The predicted molar refractivity (Wildman–Crippen MR) is 94.3 cm³/mol. The van der Waals surface area contributed by atoms with E-state index in [4.69, 9.17) is 4.74 Å². The van der Waals surface area contributed by atoms with Gasteiger partial charge in [-0.05, 0) is 39.2 Å². The van der Waals surface area contributed by atoms with Crippen LogP contribution in [-0.4, -0.2) is 51.2 Å². The molecule has 0 radical (unpaired) electrons. The van der Waals surface area contributed by atoms with Crippen LogP contribution in [0.3, 0.4) is 0 Å². The molecule has 2 fully saturated rings. The first kappa shape index (κ1) is 18.1. The predicted octanol–water partition coefficient (Wildman–Crippen LogP) is 2.41. The molecule has 0 spiro atoms. The first-order valence-corrected chi connectivity index (χ1v) is 9.27. The number of aliphatic hydroxyl groups is 1. The normalized spacial score (nSPS) is 25.8. The molecule has 1 unspecified atom stereocenters. The van der Waals surface area contributed by atoms with Crippen molar-refractivity contribution in [2.75, 3.05) is 19.7 Å². The SMILES string of the molecule is Cc1cc(C)nc(OCC2(O)CCN(C(=O)C3(C)CCCCC3)C2)n1. The quantitative estimate of drug-likeness (QED) is 0.905. The third kappa shape index (κ3) is 4.11. The number of aryl methyl sites for hydroxylation is 2. The average Bonchev–Trinajstić information content (AvgIpc) is 2.95. The van der Waals surface area contributed by atoms with Gasteiger partial charge in [0, 0.05) is 23.3 Å². The fourth-order valence-corrected chi connectivity index (χ4v) is 4.03. The molecule has 6 nitrogen and oxygen atoms in total. The van der Waals surface area contributed by atoms with E-state index in [9.17, 15) is 9.90 Å². The standard InChI is InChI=1S/C19H29N3O3/c1-14-11-15(2)21-17(20-14)25-13-19(24)9-10-22(12-19)16(23)18(3)7-5-4-6-8-18/h11,24H,4-10,12-13H2,1-3H3. The Hall–Kier alpha value is -1.69. The largest absolute Gasteiger partial charge is 0.460 e. The zero-order valence-electron chi connectivity index (χ0n) is 15.5.